The molecule has 0 unspecified atom stereocenters. The zero-order valence-corrected chi connectivity index (χ0v) is 18.2. The number of hydrogen-bond acceptors (Lipinski definition) is 5. The summed E-state index contributed by atoms with van der Waals surface area (Å²) in [6, 6.07) is 12.1. The Bertz CT molecular complexity index is 941. The van der Waals surface area contributed by atoms with Crippen LogP contribution in [-0.4, -0.2) is 42.3 Å². The summed E-state index contributed by atoms with van der Waals surface area (Å²) in [5.41, 5.74) is 4.51. The van der Waals surface area contributed by atoms with E-state index >= 15 is 0 Å². The SMILES string of the molecule is CSCC[C@@H](NC(=O)c1cccc(C)c1)C(=O)OCC(=O)c1ccc2c(c1)CCC2. The molecule has 0 aromatic heterocycles. The van der Waals surface area contributed by atoms with Gasteiger partial charge in [0.2, 0.25) is 0 Å². The molecule has 3 rings (SSSR count). The van der Waals surface area contributed by atoms with Crippen molar-refractivity contribution in [1.29, 1.82) is 0 Å². The van der Waals surface area contributed by atoms with Crippen LogP contribution in [0.2, 0.25) is 0 Å². The van der Waals surface area contributed by atoms with Crippen LogP contribution in [0.3, 0.4) is 0 Å². The first-order valence-corrected chi connectivity index (χ1v) is 11.6. The second-order valence-corrected chi connectivity index (χ2v) is 8.53. The van der Waals surface area contributed by atoms with Crippen molar-refractivity contribution in [2.45, 2.75) is 38.6 Å². The van der Waals surface area contributed by atoms with Crippen molar-refractivity contribution in [3.63, 3.8) is 0 Å². The first-order valence-electron chi connectivity index (χ1n) is 10.2. The Kier molecular flexibility index (Phi) is 7.69. The number of nitrogens with one attached hydrogen (secondary N) is 1. The van der Waals surface area contributed by atoms with Crippen LogP contribution in [0.1, 0.15) is 50.2 Å². The van der Waals surface area contributed by atoms with Crippen LogP contribution < -0.4 is 5.32 Å². The van der Waals surface area contributed by atoms with Crippen LogP contribution in [0.15, 0.2) is 42.5 Å². The van der Waals surface area contributed by atoms with E-state index in [2.05, 4.69) is 5.32 Å². The van der Waals surface area contributed by atoms with E-state index in [0.717, 1.165) is 24.8 Å². The van der Waals surface area contributed by atoms with E-state index in [0.29, 0.717) is 23.3 Å². The maximum Gasteiger partial charge on any atom is 0.329 e. The second-order valence-electron chi connectivity index (χ2n) is 7.54. The molecule has 5 nitrogen and oxygen atoms in total. The number of rotatable bonds is 9. The number of Topliss-reactive ketones (excluding diaryl/α,β-unsaturated/α-hetero) is 1. The number of hydrogen-bond donors (Lipinski definition) is 1. The Hall–Kier alpha value is -2.60. The Morgan fingerprint density at radius 3 is 2.63 bits per heavy atom. The number of aryl methyl sites for hydroxylation is 3. The maximum absolute atomic E-state index is 12.6. The van der Waals surface area contributed by atoms with Crippen LogP contribution in [0.25, 0.3) is 0 Å². The van der Waals surface area contributed by atoms with E-state index in [-0.39, 0.29) is 18.3 Å². The highest BCUT2D eigenvalue weighted by Crippen LogP contribution is 2.23. The van der Waals surface area contributed by atoms with Gasteiger partial charge in [0.25, 0.3) is 5.91 Å². The van der Waals surface area contributed by atoms with E-state index in [1.54, 1.807) is 36.0 Å². The van der Waals surface area contributed by atoms with Crippen molar-refractivity contribution >= 4 is 29.4 Å². The molecule has 0 saturated carbocycles. The maximum atomic E-state index is 12.6. The van der Waals surface area contributed by atoms with E-state index in [1.807, 2.05) is 31.4 Å². The fourth-order valence-electron chi connectivity index (χ4n) is 3.58. The summed E-state index contributed by atoms with van der Waals surface area (Å²) in [4.78, 5) is 37.7. The zero-order valence-electron chi connectivity index (χ0n) is 17.4. The minimum absolute atomic E-state index is 0.230. The smallest absolute Gasteiger partial charge is 0.329 e. The van der Waals surface area contributed by atoms with Crippen molar-refractivity contribution in [3.8, 4) is 0 Å². The van der Waals surface area contributed by atoms with E-state index in [1.165, 1.54) is 11.1 Å². The Labute approximate surface area is 181 Å². The average molecular weight is 426 g/mol. The molecule has 30 heavy (non-hydrogen) atoms. The van der Waals surface area contributed by atoms with Gasteiger partial charge in [0.15, 0.2) is 12.4 Å². The van der Waals surface area contributed by atoms with E-state index in [4.69, 9.17) is 4.74 Å². The molecule has 0 bridgehead atoms. The highest BCUT2D eigenvalue weighted by Gasteiger charge is 2.24. The van der Waals surface area contributed by atoms with Crippen molar-refractivity contribution in [1.82, 2.24) is 5.32 Å². The molecule has 0 spiro atoms. The molecule has 6 heteroatoms. The van der Waals surface area contributed by atoms with Gasteiger partial charge in [-0.05, 0) is 73.9 Å². The van der Waals surface area contributed by atoms with Crippen molar-refractivity contribution in [2.75, 3.05) is 18.6 Å². The predicted octanol–water partition coefficient (Wildman–Crippen LogP) is 3.76. The molecule has 0 fully saturated rings. The molecule has 0 radical (unpaired) electrons. The molecule has 1 aliphatic carbocycles. The highest BCUT2D eigenvalue weighted by atomic mass is 32.2. The lowest BCUT2D eigenvalue weighted by Gasteiger charge is -2.17. The lowest BCUT2D eigenvalue weighted by molar-refractivity contribution is -0.144. The molecular weight excluding hydrogens is 398 g/mol. The third-order valence-corrected chi connectivity index (χ3v) is 5.89. The zero-order chi connectivity index (χ0) is 21.5. The number of amides is 1. The van der Waals surface area contributed by atoms with Gasteiger partial charge in [-0.15, -0.1) is 0 Å². The number of carbonyl (C=O) groups excluding carboxylic acids is 3. The van der Waals surface area contributed by atoms with Crippen LogP contribution in [0, 0.1) is 6.92 Å². The van der Waals surface area contributed by atoms with Gasteiger partial charge in [-0.2, -0.15) is 11.8 Å². The first kappa shape index (κ1) is 22.1. The monoisotopic (exact) mass is 425 g/mol. The summed E-state index contributed by atoms with van der Waals surface area (Å²) < 4.78 is 5.28. The third kappa shape index (κ3) is 5.72. The minimum Gasteiger partial charge on any atom is -0.456 e. The van der Waals surface area contributed by atoms with Gasteiger partial charge >= 0.3 is 5.97 Å². The van der Waals surface area contributed by atoms with Gasteiger partial charge in [-0.3, -0.25) is 9.59 Å². The molecule has 2 aromatic carbocycles. The predicted molar refractivity (Wildman–Crippen MR) is 119 cm³/mol. The van der Waals surface area contributed by atoms with Crippen molar-refractivity contribution < 1.29 is 19.1 Å². The normalized spacial score (nSPS) is 13.4. The van der Waals surface area contributed by atoms with Crippen LogP contribution in [0.5, 0.6) is 0 Å². The summed E-state index contributed by atoms with van der Waals surface area (Å²) in [5, 5.41) is 2.75. The lowest BCUT2D eigenvalue weighted by atomic mass is 10.0. The standard InChI is InChI=1S/C24H27NO4S/c1-16-5-3-8-20(13-16)23(27)25-21(11-12-30-2)24(28)29-15-22(26)19-10-9-17-6-4-7-18(17)14-19/h3,5,8-10,13-14,21H,4,6-7,11-12,15H2,1-2H3,(H,25,27)/t21-/m1/s1. The Morgan fingerprint density at radius 1 is 1.07 bits per heavy atom. The number of benzene rings is 2. The van der Waals surface area contributed by atoms with E-state index in [9.17, 15) is 14.4 Å². The van der Waals surface area contributed by atoms with Gasteiger partial charge in [-0.1, -0.05) is 29.8 Å². The summed E-state index contributed by atoms with van der Waals surface area (Å²) in [6.45, 7) is 1.58. The fourth-order valence-corrected chi connectivity index (χ4v) is 4.05. The molecule has 0 saturated heterocycles. The number of thioether (sulfide) groups is 1. The Balaban J connectivity index is 1.60. The van der Waals surface area contributed by atoms with Gasteiger partial charge in [0.1, 0.15) is 6.04 Å². The lowest BCUT2D eigenvalue weighted by Crippen LogP contribution is -2.42. The van der Waals surface area contributed by atoms with Crippen LogP contribution in [0.4, 0.5) is 0 Å². The topological polar surface area (TPSA) is 72.5 Å². The molecule has 1 amide bonds. The van der Waals surface area contributed by atoms with Gasteiger partial charge in [0.05, 0.1) is 0 Å². The molecule has 158 valence electrons. The first-order chi connectivity index (χ1) is 14.5. The molecule has 0 heterocycles. The largest absolute Gasteiger partial charge is 0.456 e. The molecule has 1 aliphatic rings. The average Bonchev–Trinajstić information content (AvgIpc) is 3.22. The summed E-state index contributed by atoms with van der Waals surface area (Å²) in [7, 11) is 0. The number of fused-ring (bicyclic) bond motifs is 1. The van der Waals surface area contributed by atoms with Crippen molar-refractivity contribution in [2.24, 2.45) is 0 Å². The Morgan fingerprint density at radius 2 is 1.87 bits per heavy atom. The summed E-state index contributed by atoms with van der Waals surface area (Å²) in [6.07, 6.45) is 5.51. The molecular formula is C24H27NO4S. The third-order valence-electron chi connectivity index (χ3n) is 5.25. The van der Waals surface area contributed by atoms with Gasteiger partial charge in [-0.25, -0.2) is 4.79 Å². The minimum atomic E-state index is -0.793. The quantitative estimate of drug-likeness (QED) is 0.489. The van der Waals surface area contributed by atoms with Crippen molar-refractivity contribution in [3.05, 3.63) is 70.3 Å². The number of esters is 1. The molecule has 1 N–H and O–H groups in total. The van der Waals surface area contributed by atoms with Crippen LogP contribution in [-0.2, 0) is 22.4 Å². The molecule has 1 atom stereocenters. The number of ether oxygens (including phenoxy) is 1. The van der Waals surface area contributed by atoms with Gasteiger partial charge in [0, 0.05) is 11.1 Å². The second kappa shape index (κ2) is 10.4. The number of carbonyl (C=O) groups is 3. The molecule has 2 aromatic rings. The fraction of sp³-hybridized carbons (Fsp3) is 0.375. The number of ketones is 1. The van der Waals surface area contributed by atoms with E-state index < -0.39 is 12.0 Å². The van der Waals surface area contributed by atoms with Gasteiger partial charge < -0.3 is 10.1 Å². The summed E-state index contributed by atoms with van der Waals surface area (Å²) >= 11 is 1.58. The summed E-state index contributed by atoms with van der Waals surface area (Å²) in [5.74, 6) is -0.454. The molecule has 0 aliphatic heterocycles. The highest BCUT2D eigenvalue weighted by molar-refractivity contribution is 7.98. The van der Waals surface area contributed by atoms with Crippen LogP contribution >= 0.6 is 11.8 Å².